The number of rotatable bonds is 4. The molecular formula is C19H17BrNP. The Bertz CT molecular complexity index is 739. The van der Waals surface area contributed by atoms with E-state index in [1.165, 1.54) is 5.56 Å². The molecule has 0 fully saturated rings. The molecule has 0 aromatic heterocycles. The Labute approximate surface area is 140 Å². The zero-order valence-electron chi connectivity index (χ0n) is 12.1. The maximum Gasteiger partial charge on any atom is 0.0279 e. The molecule has 0 amide bonds. The topological polar surface area (TPSA) is 23.9 Å². The predicted molar refractivity (Wildman–Crippen MR) is 99.6 cm³/mol. The molecule has 110 valence electrons. The summed E-state index contributed by atoms with van der Waals surface area (Å²) < 4.78 is 1.07. The summed E-state index contributed by atoms with van der Waals surface area (Å²) >= 11 is 3.48. The third-order valence-electron chi connectivity index (χ3n) is 3.73. The zero-order valence-corrected chi connectivity index (χ0v) is 14.6. The quantitative estimate of drug-likeness (QED) is 0.597. The molecular weight excluding hydrogens is 353 g/mol. The Kier molecular flexibility index (Phi) is 4.61. The van der Waals surface area contributed by atoms with E-state index in [1.807, 2.05) is 36.4 Å². The smallest absolute Gasteiger partial charge is 0.0279 e. The monoisotopic (exact) mass is 369 g/mol. The first-order chi connectivity index (χ1) is 10.7. The van der Waals surface area contributed by atoms with Gasteiger partial charge >= 0.3 is 0 Å². The van der Waals surface area contributed by atoms with E-state index in [2.05, 4.69) is 64.5 Å². The van der Waals surface area contributed by atoms with Gasteiger partial charge in [-0.2, -0.15) is 0 Å². The van der Waals surface area contributed by atoms with Crippen LogP contribution in [-0.4, -0.2) is 0 Å². The molecule has 22 heavy (non-hydrogen) atoms. The third-order valence-corrected chi connectivity index (χ3v) is 7.45. The Morgan fingerprint density at radius 3 is 1.59 bits per heavy atom. The van der Waals surface area contributed by atoms with Crippen LogP contribution < -0.4 is 10.6 Å². The summed E-state index contributed by atoms with van der Waals surface area (Å²) in [5.41, 5.74) is 1.21. The Morgan fingerprint density at radius 2 is 1.14 bits per heavy atom. The zero-order chi connectivity index (χ0) is 15.4. The molecule has 3 rings (SSSR count). The minimum atomic E-state index is -2.18. The van der Waals surface area contributed by atoms with Crippen molar-refractivity contribution in [2.45, 2.75) is 6.16 Å². The van der Waals surface area contributed by atoms with Crippen LogP contribution in [0.15, 0.2) is 89.4 Å². The number of hydrogen-bond acceptors (Lipinski definition) is 1. The van der Waals surface area contributed by atoms with Gasteiger partial charge in [-0.15, -0.1) is 0 Å². The Hall–Kier alpha value is -1.63. The highest BCUT2D eigenvalue weighted by Crippen LogP contribution is 2.47. The summed E-state index contributed by atoms with van der Waals surface area (Å²) in [7, 11) is -2.18. The fourth-order valence-corrected chi connectivity index (χ4v) is 5.61. The largest absolute Gasteiger partial charge is 0.309 e. The average molecular weight is 370 g/mol. The van der Waals surface area contributed by atoms with E-state index in [0.717, 1.165) is 21.2 Å². The second kappa shape index (κ2) is 6.64. The highest BCUT2D eigenvalue weighted by atomic mass is 79.9. The minimum Gasteiger partial charge on any atom is -0.309 e. The molecule has 0 bridgehead atoms. The first-order valence-electron chi connectivity index (χ1n) is 7.17. The summed E-state index contributed by atoms with van der Waals surface area (Å²) in [5.74, 6) is 0. The van der Waals surface area contributed by atoms with Gasteiger partial charge in [0.2, 0.25) is 0 Å². The second-order valence-electron chi connectivity index (χ2n) is 5.27. The molecule has 0 saturated carbocycles. The molecule has 0 unspecified atom stereocenters. The lowest BCUT2D eigenvalue weighted by Crippen LogP contribution is -2.17. The number of nitrogens with one attached hydrogen (secondary N) is 1. The molecule has 3 aromatic rings. The van der Waals surface area contributed by atoms with Crippen molar-refractivity contribution < 1.29 is 0 Å². The van der Waals surface area contributed by atoms with Crippen LogP contribution in [0, 0.1) is 5.16 Å². The minimum absolute atomic E-state index is 0.758. The van der Waals surface area contributed by atoms with E-state index >= 15 is 0 Å². The molecule has 0 radical (unpaired) electrons. The van der Waals surface area contributed by atoms with Crippen LogP contribution in [0.2, 0.25) is 0 Å². The van der Waals surface area contributed by atoms with Crippen molar-refractivity contribution >= 4 is 33.6 Å². The molecule has 0 heterocycles. The summed E-state index contributed by atoms with van der Waals surface area (Å²) in [6, 6.07) is 28.8. The highest BCUT2D eigenvalue weighted by Gasteiger charge is 2.22. The van der Waals surface area contributed by atoms with Crippen LogP contribution in [0.4, 0.5) is 0 Å². The maximum absolute atomic E-state index is 9.29. The standard InChI is InChI=1S/C19H17BrNP/c20-17-13-11-16(12-14-17)15-22(21,18-7-3-1-4-8-18)19-9-5-2-6-10-19/h1-14,21H,15H2. The van der Waals surface area contributed by atoms with Crippen LogP contribution in [0.1, 0.15) is 5.56 Å². The van der Waals surface area contributed by atoms with Gasteiger partial charge in [-0.1, -0.05) is 88.7 Å². The van der Waals surface area contributed by atoms with Gasteiger partial charge in [0, 0.05) is 17.7 Å². The van der Waals surface area contributed by atoms with Crippen LogP contribution in [-0.2, 0) is 6.16 Å². The van der Waals surface area contributed by atoms with Gasteiger partial charge < -0.3 is 5.16 Å². The van der Waals surface area contributed by atoms with Crippen LogP contribution in [0.5, 0.6) is 0 Å². The summed E-state index contributed by atoms with van der Waals surface area (Å²) in [5, 5.41) is 11.6. The van der Waals surface area contributed by atoms with Gasteiger partial charge in [0.15, 0.2) is 0 Å². The molecule has 0 spiro atoms. The van der Waals surface area contributed by atoms with Crippen molar-refractivity contribution in [1.29, 1.82) is 5.16 Å². The van der Waals surface area contributed by atoms with Crippen LogP contribution >= 0.6 is 23.0 Å². The van der Waals surface area contributed by atoms with Crippen molar-refractivity contribution in [2.75, 3.05) is 0 Å². The lowest BCUT2D eigenvalue weighted by atomic mass is 10.2. The van der Waals surface area contributed by atoms with Gasteiger partial charge in [0.25, 0.3) is 0 Å². The van der Waals surface area contributed by atoms with Gasteiger partial charge in [-0.05, 0) is 28.3 Å². The average Bonchev–Trinajstić information content (AvgIpc) is 2.58. The lowest BCUT2D eigenvalue weighted by Gasteiger charge is -2.23. The number of benzene rings is 3. The number of hydrogen-bond donors (Lipinski definition) is 1. The Balaban J connectivity index is 2.08. The molecule has 3 aromatic carbocycles. The van der Waals surface area contributed by atoms with Crippen molar-refractivity contribution in [2.24, 2.45) is 0 Å². The van der Waals surface area contributed by atoms with Crippen molar-refractivity contribution in [3.63, 3.8) is 0 Å². The van der Waals surface area contributed by atoms with E-state index in [-0.39, 0.29) is 0 Å². The fourth-order valence-electron chi connectivity index (χ4n) is 2.56. The maximum atomic E-state index is 9.29. The van der Waals surface area contributed by atoms with Gasteiger partial charge in [0.05, 0.1) is 0 Å². The lowest BCUT2D eigenvalue weighted by molar-refractivity contribution is 1.36. The fraction of sp³-hybridized carbons (Fsp3) is 0.0526. The van der Waals surface area contributed by atoms with E-state index < -0.39 is 7.05 Å². The molecule has 0 atom stereocenters. The van der Waals surface area contributed by atoms with Gasteiger partial charge in [-0.25, -0.2) is 0 Å². The normalized spacial score (nSPS) is 11.3. The van der Waals surface area contributed by atoms with E-state index in [9.17, 15) is 5.16 Å². The van der Waals surface area contributed by atoms with Crippen molar-refractivity contribution in [3.8, 4) is 0 Å². The molecule has 0 aliphatic heterocycles. The highest BCUT2D eigenvalue weighted by molar-refractivity contribution is 9.10. The number of halogens is 1. The predicted octanol–water partition coefficient (Wildman–Crippen LogP) is 5.38. The summed E-state index contributed by atoms with van der Waals surface area (Å²) in [6.45, 7) is 0. The van der Waals surface area contributed by atoms with Crippen molar-refractivity contribution in [1.82, 2.24) is 0 Å². The molecule has 3 heteroatoms. The summed E-state index contributed by atoms with van der Waals surface area (Å²) in [4.78, 5) is 0. The first kappa shape index (κ1) is 15.3. The molecule has 1 N–H and O–H groups in total. The van der Waals surface area contributed by atoms with Crippen LogP contribution in [0.25, 0.3) is 0 Å². The molecule has 0 aliphatic rings. The van der Waals surface area contributed by atoms with Crippen molar-refractivity contribution in [3.05, 3.63) is 95.0 Å². The Morgan fingerprint density at radius 1 is 0.682 bits per heavy atom. The SMILES string of the molecule is N=P(Cc1ccc(Br)cc1)(c1ccccc1)c1ccccc1. The van der Waals surface area contributed by atoms with Crippen LogP contribution in [0.3, 0.4) is 0 Å². The summed E-state index contributed by atoms with van der Waals surface area (Å²) in [6.07, 6.45) is 0.758. The molecule has 1 nitrogen and oxygen atoms in total. The van der Waals surface area contributed by atoms with E-state index in [0.29, 0.717) is 0 Å². The second-order valence-corrected chi connectivity index (χ2v) is 9.15. The van der Waals surface area contributed by atoms with E-state index in [4.69, 9.17) is 0 Å². The third kappa shape index (κ3) is 3.24. The van der Waals surface area contributed by atoms with Gasteiger partial charge in [0.1, 0.15) is 0 Å². The molecule has 0 aliphatic carbocycles. The van der Waals surface area contributed by atoms with Gasteiger partial charge in [-0.3, -0.25) is 0 Å². The van der Waals surface area contributed by atoms with E-state index in [1.54, 1.807) is 0 Å². The molecule has 0 saturated heterocycles. The first-order valence-corrected chi connectivity index (χ1v) is 9.94.